The van der Waals surface area contributed by atoms with Gasteiger partial charge in [0, 0.05) is 17.8 Å². The van der Waals surface area contributed by atoms with E-state index in [-0.39, 0.29) is 18.2 Å². The first-order valence-electron chi connectivity index (χ1n) is 9.43. The van der Waals surface area contributed by atoms with Gasteiger partial charge in [0.2, 0.25) is 5.69 Å². The number of ether oxygens (including phenoxy) is 3. The Balaban J connectivity index is 1.68. The molecule has 0 fully saturated rings. The minimum Gasteiger partial charge on any atom is -0.497 e. The Bertz CT molecular complexity index is 1170. The molecule has 0 aliphatic rings. The fourth-order valence-corrected chi connectivity index (χ4v) is 2.98. The molecule has 0 atom stereocenters. The van der Waals surface area contributed by atoms with Gasteiger partial charge in [0.15, 0.2) is 0 Å². The molecular formula is C22H20N4O4. The molecule has 4 rings (SSSR count). The molecule has 0 saturated carbocycles. The standard InChI is InChI=1S/C22H20N4O4/c1-3-29-22(27)20-21(30-19-9-6-16-10-11-23-13-17(16)12-19)26(25-24-20)14-15-4-7-18(28-2)8-5-15/h4-13H,3,14H2,1-2H3. The third kappa shape index (κ3) is 4.07. The third-order valence-electron chi connectivity index (χ3n) is 4.48. The normalized spacial score (nSPS) is 10.7. The second kappa shape index (κ2) is 8.60. The van der Waals surface area contributed by atoms with E-state index in [1.54, 1.807) is 26.4 Å². The summed E-state index contributed by atoms with van der Waals surface area (Å²) in [4.78, 5) is 16.5. The van der Waals surface area contributed by atoms with E-state index in [0.717, 1.165) is 22.1 Å². The van der Waals surface area contributed by atoms with Gasteiger partial charge in [0.1, 0.15) is 11.5 Å². The highest BCUT2D eigenvalue weighted by atomic mass is 16.5. The van der Waals surface area contributed by atoms with E-state index in [1.807, 2.05) is 48.5 Å². The molecule has 0 radical (unpaired) electrons. The average Bonchev–Trinajstić information content (AvgIpc) is 3.16. The van der Waals surface area contributed by atoms with Crippen molar-refractivity contribution in [3.63, 3.8) is 0 Å². The largest absolute Gasteiger partial charge is 0.497 e. The van der Waals surface area contributed by atoms with Gasteiger partial charge in [0.25, 0.3) is 5.88 Å². The lowest BCUT2D eigenvalue weighted by Gasteiger charge is -2.11. The Morgan fingerprint density at radius 1 is 1.03 bits per heavy atom. The van der Waals surface area contributed by atoms with E-state index in [0.29, 0.717) is 12.3 Å². The molecule has 0 amide bonds. The second-order valence-electron chi connectivity index (χ2n) is 6.46. The molecule has 2 heterocycles. The van der Waals surface area contributed by atoms with Gasteiger partial charge in [-0.25, -0.2) is 9.48 Å². The van der Waals surface area contributed by atoms with Gasteiger partial charge in [-0.05, 0) is 48.2 Å². The van der Waals surface area contributed by atoms with Crippen LogP contribution in [0.4, 0.5) is 0 Å². The molecule has 2 aromatic heterocycles. The molecule has 2 aromatic carbocycles. The topological polar surface area (TPSA) is 88.4 Å². The minimum atomic E-state index is -0.587. The van der Waals surface area contributed by atoms with Gasteiger partial charge >= 0.3 is 5.97 Å². The van der Waals surface area contributed by atoms with Crippen molar-refractivity contribution >= 4 is 16.7 Å². The van der Waals surface area contributed by atoms with Crippen molar-refractivity contribution in [2.24, 2.45) is 0 Å². The minimum absolute atomic E-state index is 0.0247. The Morgan fingerprint density at radius 2 is 1.83 bits per heavy atom. The fourth-order valence-electron chi connectivity index (χ4n) is 2.98. The zero-order valence-corrected chi connectivity index (χ0v) is 16.6. The van der Waals surface area contributed by atoms with Crippen LogP contribution in [0.3, 0.4) is 0 Å². The number of fused-ring (bicyclic) bond motifs is 1. The van der Waals surface area contributed by atoms with Crippen LogP contribution in [0.15, 0.2) is 60.9 Å². The van der Waals surface area contributed by atoms with Gasteiger partial charge in [-0.15, -0.1) is 5.10 Å². The lowest BCUT2D eigenvalue weighted by molar-refractivity contribution is 0.0516. The van der Waals surface area contributed by atoms with Crippen LogP contribution >= 0.6 is 0 Å². The lowest BCUT2D eigenvalue weighted by Crippen LogP contribution is -2.09. The van der Waals surface area contributed by atoms with E-state index in [1.165, 1.54) is 4.68 Å². The molecule has 0 bridgehead atoms. The van der Waals surface area contributed by atoms with Gasteiger partial charge in [-0.2, -0.15) is 0 Å². The van der Waals surface area contributed by atoms with Crippen molar-refractivity contribution in [2.45, 2.75) is 13.5 Å². The van der Waals surface area contributed by atoms with Crippen LogP contribution in [-0.4, -0.2) is 39.7 Å². The Labute approximate surface area is 173 Å². The molecule has 0 unspecified atom stereocenters. The summed E-state index contributed by atoms with van der Waals surface area (Å²) in [5, 5.41) is 10.1. The van der Waals surface area contributed by atoms with Gasteiger partial charge in [-0.1, -0.05) is 23.4 Å². The highest BCUT2D eigenvalue weighted by Gasteiger charge is 2.23. The number of hydrogen-bond donors (Lipinski definition) is 0. The predicted molar refractivity (Wildman–Crippen MR) is 110 cm³/mol. The summed E-state index contributed by atoms with van der Waals surface area (Å²) in [6.07, 6.45) is 3.48. The molecule has 4 aromatic rings. The summed E-state index contributed by atoms with van der Waals surface area (Å²) in [5.74, 6) is 0.925. The van der Waals surface area contributed by atoms with Crippen molar-refractivity contribution in [3.8, 4) is 17.4 Å². The first kappa shape index (κ1) is 19.4. The zero-order valence-electron chi connectivity index (χ0n) is 16.6. The molecule has 0 aliphatic heterocycles. The number of methoxy groups -OCH3 is 1. The summed E-state index contributed by atoms with van der Waals surface area (Å²) in [7, 11) is 1.61. The Hall–Kier alpha value is -3.94. The van der Waals surface area contributed by atoms with E-state index >= 15 is 0 Å². The molecule has 8 heteroatoms. The highest BCUT2D eigenvalue weighted by molar-refractivity contribution is 5.90. The number of aromatic nitrogens is 4. The predicted octanol–water partition coefficient (Wildman–Crippen LogP) is 3.85. The second-order valence-corrected chi connectivity index (χ2v) is 6.46. The highest BCUT2D eigenvalue weighted by Crippen LogP contribution is 2.28. The molecule has 30 heavy (non-hydrogen) atoms. The van der Waals surface area contributed by atoms with Crippen molar-refractivity contribution < 1.29 is 19.0 Å². The Kier molecular flexibility index (Phi) is 5.56. The summed E-state index contributed by atoms with van der Waals surface area (Å²) in [5.41, 5.74) is 0.973. The summed E-state index contributed by atoms with van der Waals surface area (Å²) in [6, 6.07) is 15.0. The van der Waals surface area contributed by atoms with Gasteiger partial charge in [-0.3, -0.25) is 4.98 Å². The molecular weight excluding hydrogens is 384 g/mol. The van der Waals surface area contributed by atoms with Crippen molar-refractivity contribution in [2.75, 3.05) is 13.7 Å². The van der Waals surface area contributed by atoms with Gasteiger partial charge in [0.05, 0.1) is 20.3 Å². The molecule has 8 nitrogen and oxygen atoms in total. The van der Waals surface area contributed by atoms with E-state index in [4.69, 9.17) is 14.2 Å². The number of benzene rings is 2. The number of carbonyl (C=O) groups is 1. The quantitative estimate of drug-likeness (QED) is 0.432. The zero-order chi connectivity index (χ0) is 20.9. The van der Waals surface area contributed by atoms with Crippen molar-refractivity contribution in [1.82, 2.24) is 20.0 Å². The summed E-state index contributed by atoms with van der Waals surface area (Å²) in [6.45, 7) is 2.32. The molecule has 0 N–H and O–H groups in total. The average molecular weight is 404 g/mol. The summed E-state index contributed by atoms with van der Waals surface area (Å²) >= 11 is 0. The molecule has 152 valence electrons. The SMILES string of the molecule is CCOC(=O)c1nnn(Cc2ccc(OC)cc2)c1Oc1ccc2ccncc2c1. The number of pyridine rings is 1. The van der Waals surface area contributed by atoms with Crippen molar-refractivity contribution in [1.29, 1.82) is 0 Å². The van der Waals surface area contributed by atoms with E-state index in [2.05, 4.69) is 15.3 Å². The van der Waals surface area contributed by atoms with Crippen LogP contribution in [0.25, 0.3) is 10.8 Å². The smallest absolute Gasteiger partial charge is 0.364 e. The maximum Gasteiger partial charge on any atom is 0.364 e. The number of carbonyl (C=O) groups excluding carboxylic acids is 1. The van der Waals surface area contributed by atoms with Crippen LogP contribution < -0.4 is 9.47 Å². The third-order valence-corrected chi connectivity index (χ3v) is 4.48. The number of esters is 1. The first-order chi connectivity index (χ1) is 14.7. The number of hydrogen-bond acceptors (Lipinski definition) is 7. The number of rotatable bonds is 7. The van der Waals surface area contributed by atoms with Gasteiger partial charge < -0.3 is 14.2 Å². The van der Waals surface area contributed by atoms with E-state index in [9.17, 15) is 4.79 Å². The molecule has 0 aliphatic carbocycles. The van der Waals surface area contributed by atoms with Crippen molar-refractivity contribution in [3.05, 3.63) is 72.2 Å². The monoisotopic (exact) mass is 404 g/mol. The number of nitrogens with zero attached hydrogens (tertiary/aromatic N) is 4. The first-order valence-corrected chi connectivity index (χ1v) is 9.43. The van der Waals surface area contributed by atoms with Crippen LogP contribution in [0.5, 0.6) is 17.4 Å². The molecule has 0 saturated heterocycles. The van der Waals surface area contributed by atoms with Crippen LogP contribution in [-0.2, 0) is 11.3 Å². The van der Waals surface area contributed by atoms with Crippen LogP contribution in [0.1, 0.15) is 23.0 Å². The van der Waals surface area contributed by atoms with E-state index < -0.39 is 5.97 Å². The maximum atomic E-state index is 12.4. The summed E-state index contributed by atoms with van der Waals surface area (Å²) < 4.78 is 17.9. The Morgan fingerprint density at radius 3 is 2.60 bits per heavy atom. The molecule has 0 spiro atoms. The van der Waals surface area contributed by atoms with Crippen LogP contribution in [0, 0.1) is 0 Å². The van der Waals surface area contributed by atoms with Crippen LogP contribution in [0.2, 0.25) is 0 Å². The maximum absolute atomic E-state index is 12.4. The fraction of sp³-hybridized carbons (Fsp3) is 0.182. The lowest BCUT2D eigenvalue weighted by atomic mass is 10.2.